The zero-order valence-electron chi connectivity index (χ0n) is 27.5. The van der Waals surface area contributed by atoms with Crippen molar-refractivity contribution >= 4 is 71.3 Å². The Balaban J connectivity index is 1.02. The van der Waals surface area contributed by atoms with Crippen molar-refractivity contribution in [3.05, 3.63) is 182 Å². The molecule has 8 aromatic carbocycles. The number of hydrogen-bond donors (Lipinski definition) is 0. The van der Waals surface area contributed by atoms with Crippen LogP contribution in [0.4, 0.5) is 17.1 Å². The molecule has 0 spiro atoms. The molecule has 2 heterocycles. The van der Waals surface area contributed by atoms with E-state index in [0.717, 1.165) is 70.9 Å². The van der Waals surface area contributed by atoms with E-state index >= 15 is 0 Å². The standard InChI is InChI=1S/C47H30N2OS/c1-3-9-31(10-4-1)33-15-21-38(22-16-33)49(40-25-19-32-11-7-8-14-36(32)29-40)39-23-17-34(18-24-39)37-20-26-41-44(30-37)50-43-28-27-42-46(45(41)43)51-47(48-42)35-12-5-2-6-13-35/h1-30H. The Morgan fingerprint density at radius 1 is 0.431 bits per heavy atom. The summed E-state index contributed by atoms with van der Waals surface area (Å²) < 4.78 is 7.62. The Morgan fingerprint density at radius 2 is 1.02 bits per heavy atom. The molecular weight excluding hydrogens is 641 g/mol. The first-order chi connectivity index (χ1) is 25.2. The van der Waals surface area contributed by atoms with Gasteiger partial charge in [0.1, 0.15) is 16.2 Å². The smallest absolute Gasteiger partial charge is 0.137 e. The second kappa shape index (κ2) is 12.1. The molecule has 3 nitrogen and oxygen atoms in total. The van der Waals surface area contributed by atoms with Gasteiger partial charge in [0, 0.05) is 33.4 Å². The average Bonchev–Trinajstić information content (AvgIpc) is 3.81. The number of nitrogens with zero attached hydrogens (tertiary/aromatic N) is 2. The number of anilines is 3. The second-order valence-electron chi connectivity index (χ2n) is 12.8. The van der Waals surface area contributed by atoms with Crippen LogP contribution in [0.3, 0.4) is 0 Å². The molecule has 10 rings (SSSR count). The largest absolute Gasteiger partial charge is 0.456 e. The lowest BCUT2D eigenvalue weighted by atomic mass is 10.0. The Bertz CT molecular complexity index is 2840. The molecule has 0 radical (unpaired) electrons. The van der Waals surface area contributed by atoms with E-state index in [1.54, 1.807) is 11.3 Å². The third-order valence-electron chi connectivity index (χ3n) is 9.69. The maximum atomic E-state index is 6.46. The van der Waals surface area contributed by atoms with Crippen LogP contribution in [0, 0.1) is 0 Å². The normalized spacial score (nSPS) is 11.5. The quantitative estimate of drug-likeness (QED) is 0.176. The third-order valence-corrected chi connectivity index (χ3v) is 10.8. The minimum atomic E-state index is 0.880. The summed E-state index contributed by atoms with van der Waals surface area (Å²) in [6.45, 7) is 0. The van der Waals surface area contributed by atoms with Gasteiger partial charge in [0.25, 0.3) is 0 Å². The van der Waals surface area contributed by atoms with E-state index in [9.17, 15) is 0 Å². The molecule has 0 aliphatic rings. The van der Waals surface area contributed by atoms with E-state index in [1.807, 2.05) is 12.1 Å². The number of benzene rings is 8. The fourth-order valence-corrected chi connectivity index (χ4v) is 8.25. The SMILES string of the molecule is c1ccc(-c2ccc(N(c3ccc(-c4ccc5c(c4)oc4ccc6nc(-c7ccccc7)sc6c45)cc3)c3ccc4ccccc4c3)cc2)cc1. The van der Waals surface area contributed by atoms with Crippen LogP contribution in [0.25, 0.3) is 75.8 Å². The fraction of sp³-hybridized carbons (Fsp3) is 0. The number of aromatic nitrogens is 1. The Morgan fingerprint density at radius 3 is 1.75 bits per heavy atom. The number of furan rings is 1. The molecule has 0 saturated carbocycles. The molecule has 0 unspecified atom stereocenters. The highest BCUT2D eigenvalue weighted by atomic mass is 32.1. The molecule has 10 aromatic rings. The van der Waals surface area contributed by atoms with E-state index in [0.29, 0.717) is 0 Å². The van der Waals surface area contributed by atoms with E-state index in [4.69, 9.17) is 9.40 Å². The first-order valence-electron chi connectivity index (χ1n) is 17.1. The predicted molar refractivity (Wildman–Crippen MR) is 215 cm³/mol. The van der Waals surface area contributed by atoms with Crippen molar-refractivity contribution in [2.75, 3.05) is 4.90 Å². The monoisotopic (exact) mass is 670 g/mol. The molecule has 240 valence electrons. The van der Waals surface area contributed by atoms with Crippen molar-refractivity contribution in [2.45, 2.75) is 0 Å². The lowest BCUT2D eigenvalue weighted by Gasteiger charge is -2.26. The highest BCUT2D eigenvalue weighted by Gasteiger charge is 2.17. The van der Waals surface area contributed by atoms with E-state index in [2.05, 4.69) is 175 Å². The maximum absolute atomic E-state index is 6.46. The molecule has 0 bridgehead atoms. The summed E-state index contributed by atoms with van der Waals surface area (Å²) in [5.41, 5.74) is 11.9. The van der Waals surface area contributed by atoms with Gasteiger partial charge in [0.15, 0.2) is 0 Å². The molecule has 4 heteroatoms. The number of hydrogen-bond acceptors (Lipinski definition) is 4. The highest BCUT2D eigenvalue weighted by Crippen LogP contribution is 2.42. The van der Waals surface area contributed by atoms with Crippen LogP contribution in [-0.4, -0.2) is 4.98 Å². The van der Waals surface area contributed by atoms with Crippen LogP contribution in [-0.2, 0) is 0 Å². The summed E-state index contributed by atoms with van der Waals surface area (Å²) >= 11 is 1.72. The predicted octanol–water partition coefficient (Wildman–Crippen LogP) is 13.8. The van der Waals surface area contributed by atoms with Crippen molar-refractivity contribution < 1.29 is 4.42 Å². The summed E-state index contributed by atoms with van der Waals surface area (Å²) in [5.74, 6) is 0. The zero-order valence-corrected chi connectivity index (χ0v) is 28.3. The molecule has 2 aromatic heterocycles. The van der Waals surface area contributed by atoms with Crippen molar-refractivity contribution in [1.29, 1.82) is 0 Å². The van der Waals surface area contributed by atoms with Crippen LogP contribution in [0.2, 0.25) is 0 Å². The summed E-state index contributed by atoms with van der Waals surface area (Å²) in [4.78, 5) is 7.29. The lowest BCUT2D eigenvalue weighted by molar-refractivity contribution is 0.669. The molecule has 0 aliphatic carbocycles. The van der Waals surface area contributed by atoms with Gasteiger partial charge in [-0.2, -0.15) is 0 Å². The topological polar surface area (TPSA) is 29.3 Å². The second-order valence-corrected chi connectivity index (χ2v) is 13.8. The molecule has 0 fully saturated rings. The van der Waals surface area contributed by atoms with Gasteiger partial charge in [-0.1, -0.05) is 121 Å². The maximum Gasteiger partial charge on any atom is 0.137 e. The van der Waals surface area contributed by atoms with Crippen LogP contribution in [0.5, 0.6) is 0 Å². The molecule has 0 aliphatic heterocycles. The number of thiazole rings is 1. The molecule has 51 heavy (non-hydrogen) atoms. The number of fused-ring (bicyclic) bond motifs is 6. The molecule has 0 saturated heterocycles. The molecule has 0 amide bonds. The highest BCUT2D eigenvalue weighted by molar-refractivity contribution is 7.22. The molecular formula is C47H30N2OS. The lowest BCUT2D eigenvalue weighted by Crippen LogP contribution is -2.09. The Kier molecular flexibility index (Phi) is 7.00. The van der Waals surface area contributed by atoms with E-state index in [1.165, 1.54) is 21.9 Å². The first-order valence-corrected chi connectivity index (χ1v) is 17.9. The van der Waals surface area contributed by atoms with Crippen LogP contribution < -0.4 is 4.90 Å². The van der Waals surface area contributed by atoms with Crippen LogP contribution >= 0.6 is 11.3 Å². The van der Waals surface area contributed by atoms with Crippen molar-refractivity contribution in [3.63, 3.8) is 0 Å². The van der Waals surface area contributed by atoms with Gasteiger partial charge in [0.05, 0.1) is 10.2 Å². The molecule has 0 atom stereocenters. The summed E-state index contributed by atoms with van der Waals surface area (Å²) in [6, 6.07) is 64.5. The summed E-state index contributed by atoms with van der Waals surface area (Å²) in [6.07, 6.45) is 0. The van der Waals surface area contributed by atoms with Gasteiger partial charge in [-0.05, 0) is 93.7 Å². The van der Waals surface area contributed by atoms with Gasteiger partial charge < -0.3 is 9.32 Å². The van der Waals surface area contributed by atoms with Gasteiger partial charge in [-0.3, -0.25) is 0 Å². The Hall–Kier alpha value is -6.49. The van der Waals surface area contributed by atoms with Crippen molar-refractivity contribution in [2.24, 2.45) is 0 Å². The molecule has 0 N–H and O–H groups in total. The van der Waals surface area contributed by atoms with Gasteiger partial charge in [0.2, 0.25) is 0 Å². The van der Waals surface area contributed by atoms with Crippen LogP contribution in [0.15, 0.2) is 186 Å². The van der Waals surface area contributed by atoms with Gasteiger partial charge in [-0.25, -0.2) is 4.98 Å². The van der Waals surface area contributed by atoms with Gasteiger partial charge in [-0.15, -0.1) is 11.3 Å². The van der Waals surface area contributed by atoms with Crippen molar-refractivity contribution in [1.82, 2.24) is 4.98 Å². The summed E-state index contributed by atoms with van der Waals surface area (Å²) in [7, 11) is 0. The minimum Gasteiger partial charge on any atom is -0.456 e. The van der Waals surface area contributed by atoms with Gasteiger partial charge >= 0.3 is 0 Å². The van der Waals surface area contributed by atoms with E-state index < -0.39 is 0 Å². The first kappa shape index (κ1) is 29.4. The fourth-order valence-electron chi connectivity index (χ4n) is 7.13. The number of rotatable bonds is 6. The summed E-state index contributed by atoms with van der Waals surface area (Å²) in [5, 5.41) is 5.70. The van der Waals surface area contributed by atoms with E-state index in [-0.39, 0.29) is 0 Å². The van der Waals surface area contributed by atoms with Crippen LogP contribution in [0.1, 0.15) is 0 Å². The zero-order chi connectivity index (χ0) is 33.7. The average molecular weight is 671 g/mol. The Labute approximate surface area is 299 Å². The van der Waals surface area contributed by atoms with Crippen molar-refractivity contribution in [3.8, 4) is 32.8 Å². The minimum absolute atomic E-state index is 0.880. The third kappa shape index (κ3) is 5.25.